The van der Waals surface area contributed by atoms with Gasteiger partial charge in [-0.3, -0.25) is 0 Å². The van der Waals surface area contributed by atoms with Crippen molar-refractivity contribution in [2.45, 2.75) is 19.3 Å². The minimum atomic E-state index is -0.107. The smallest absolute Gasteiger partial charge is 0.143 e. The quantitative estimate of drug-likeness (QED) is 0.184. The molecule has 0 saturated heterocycles. The van der Waals surface area contributed by atoms with Crippen molar-refractivity contribution < 1.29 is 4.42 Å². The van der Waals surface area contributed by atoms with Crippen molar-refractivity contribution in [1.29, 1.82) is 0 Å². The molecule has 0 atom stereocenters. The van der Waals surface area contributed by atoms with Gasteiger partial charge in [-0.15, -0.1) is 0 Å². The van der Waals surface area contributed by atoms with E-state index in [1.54, 1.807) is 0 Å². The second kappa shape index (κ2) is 11.3. The Balaban J connectivity index is 1.19. The molecular weight excluding hydrogens is 619 g/mol. The van der Waals surface area contributed by atoms with Gasteiger partial charge in [-0.1, -0.05) is 141 Å². The molecule has 2 nitrogen and oxygen atoms in total. The van der Waals surface area contributed by atoms with Crippen LogP contribution in [-0.4, -0.2) is 0 Å². The van der Waals surface area contributed by atoms with Crippen LogP contribution >= 0.6 is 0 Å². The molecule has 0 spiro atoms. The van der Waals surface area contributed by atoms with Gasteiger partial charge in [0.1, 0.15) is 11.2 Å². The molecule has 0 saturated carbocycles. The highest BCUT2D eigenvalue weighted by Crippen LogP contribution is 2.51. The molecule has 2 heteroatoms. The molecule has 51 heavy (non-hydrogen) atoms. The lowest BCUT2D eigenvalue weighted by Gasteiger charge is -2.28. The van der Waals surface area contributed by atoms with Crippen LogP contribution in [0.25, 0.3) is 66.1 Å². The molecule has 1 aromatic heterocycles. The van der Waals surface area contributed by atoms with E-state index in [1.165, 1.54) is 44.2 Å². The predicted octanol–water partition coefficient (Wildman–Crippen LogP) is 13.8. The molecule has 242 valence electrons. The highest BCUT2D eigenvalue weighted by atomic mass is 16.3. The van der Waals surface area contributed by atoms with Crippen LogP contribution in [0.2, 0.25) is 0 Å². The summed E-state index contributed by atoms with van der Waals surface area (Å²) in [6.07, 6.45) is 0. The molecular formula is C49H35NO. The maximum absolute atomic E-state index is 6.76. The first-order valence-corrected chi connectivity index (χ1v) is 17.7. The van der Waals surface area contributed by atoms with Crippen LogP contribution in [0, 0.1) is 0 Å². The van der Waals surface area contributed by atoms with Crippen molar-refractivity contribution in [1.82, 2.24) is 0 Å². The minimum absolute atomic E-state index is 0.107. The molecule has 0 aliphatic heterocycles. The Morgan fingerprint density at radius 2 is 1.04 bits per heavy atom. The molecule has 0 N–H and O–H groups in total. The summed E-state index contributed by atoms with van der Waals surface area (Å²) in [6.45, 7) is 4.69. The summed E-state index contributed by atoms with van der Waals surface area (Å²) in [6, 6.07) is 63.5. The summed E-state index contributed by atoms with van der Waals surface area (Å²) in [5.74, 6) is 0. The zero-order chi connectivity index (χ0) is 34.1. The van der Waals surface area contributed by atoms with Gasteiger partial charge in [0.15, 0.2) is 0 Å². The fraction of sp³-hybridized carbons (Fsp3) is 0.0612. The van der Waals surface area contributed by atoms with E-state index < -0.39 is 0 Å². The molecule has 0 fully saturated rings. The van der Waals surface area contributed by atoms with Crippen molar-refractivity contribution >= 4 is 49.8 Å². The number of hydrogen-bond acceptors (Lipinski definition) is 2. The van der Waals surface area contributed by atoms with Crippen molar-refractivity contribution in [3.63, 3.8) is 0 Å². The summed E-state index contributed by atoms with van der Waals surface area (Å²) in [4.78, 5) is 2.39. The van der Waals surface area contributed by atoms with E-state index in [9.17, 15) is 0 Å². The van der Waals surface area contributed by atoms with Gasteiger partial charge < -0.3 is 9.32 Å². The highest BCUT2D eigenvalue weighted by molar-refractivity contribution is 6.18. The predicted molar refractivity (Wildman–Crippen MR) is 214 cm³/mol. The van der Waals surface area contributed by atoms with E-state index in [2.05, 4.69) is 195 Å². The average Bonchev–Trinajstić information content (AvgIpc) is 3.66. The number of anilines is 3. The van der Waals surface area contributed by atoms with Crippen molar-refractivity contribution in [3.8, 4) is 33.4 Å². The minimum Gasteiger partial charge on any atom is -0.455 e. The van der Waals surface area contributed by atoms with Crippen LogP contribution < -0.4 is 4.90 Å². The Bertz CT molecular complexity index is 2760. The molecule has 1 aliphatic rings. The van der Waals surface area contributed by atoms with E-state index in [4.69, 9.17) is 4.42 Å². The number of hydrogen-bond donors (Lipinski definition) is 0. The van der Waals surface area contributed by atoms with E-state index in [-0.39, 0.29) is 5.41 Å². The summed E-state index contributed by atoms with van der Waals surface area (Å²) in [7, 11) is 0. The summed E-state index contributed by atoms with van der Waals surface area (Å²) < 4.78 is 6.76. The van der Waals surface area contributed by atoms with Crippen molar-refractivity contribution in [2.24, 2.45) is 0 Å². The van der Waals surface area contributed by atoms with E-state index in [0.29, 0.717) is 0 Å². The van der Waals surface area contributed by atoms with E-state index in [1.807, 2.05) is 0 Å². The molecule has 9 aromatic rings. The number of furan rings is 1. The number of rotatable bonds is 5. The third-order valence-corrected chi connectivity index (χ3v) is 10.8. The first kappa shape index (κ1) is 29.5. The SMILES string of the molecule is CC1(C)c2ccccc2-c2ccc(N(c3ccc(-c4ccccc4)cc3)c3ccc4oc5c(-c6ccccc6)c6ccccc6cc5c4c3)cc21. The molecule has 8 aromatic carbocycles. The Morgan fingerprint density at radius 1 is 0.431 bits per heavy atom. The fourth-order valence-corrected chi connectivity index (χ4v) is 8.30. The van der Waals surface area contributed by atoms with Gasteiger partial charge in [0.05, 0.1) is 0 Å². The lowest BCUT2D eigenvalue weighted by molar-refractivity contribution is 0.660. The van der Waals surface area contributed by atoms with Crippen LogP contribution in [-0.2, 0) is 5.41 Å². The van der Waals surface area contributed by atoms with Crippen molar-refractivity contribution in [2.75, 3.05) is 4.90 Å². The zero-order valence-corrected chi connectivity index (χ0v) is 28.6. The topological polar surface area (TPSA) is 16.4 Å². The maximum Gasteiger partial charge on any atom is 0.143 e. The van der Waals surface area contributed by atoms with Gasteiger partial charge in [0.2, 0.25) is 0 Å². The zero-order valence-electron chi connectivity index (χ0n) is 28.6. The molecule has 1 aliphatic carbocycles. The van der Waals surface area contributed by atoms with E-state index in [0.717, 1.165) is 50.1 Å². The normalized spacial score (nSPS) is 13.1. The van der Waals surface area contributed by atoms with Gasteiger partial charge >= 0.3 is 0 Å². The second-order valence-electron chi connectivity index (χ2n) is 14.1. The lowest BCUT2D eigenvalue weighted by Crippen LogP contribution is -2.16. The molecule has 1 heterocycles. The van der Waals surface area contributed by atoms with Crippen LogP contribution in [0.1, 0.15) is 25.0 Å². The second-order valence-corrected chi connectivity index (χ2v) is 14.1. The number of nitrogens with zero attached hydrogens (tertiary/aromatic N) is 1. The van der Waals surface area contributed by atoms with E-state index >= 15 is 0 Å². The van der Waals surface area contributed by atoms with Crippen molar-refractivity contribution in [3.05, 3.63) is 187 Å². The molecule has 10 rings (SSSR count). The molecule has 0 radical (unpaired) electrons. The molecule has 0 amide bonds. The standard InChI is InChI=1S/C49H35NO/c1-49(2)44-20-12-11-19-40(44)41-27-25-38(31-45(41)49)50(36-23-21-33(22-24-36)32-13-5-3-6-14-32)37-26-28-46-42(30-37)43-29-35-17-9-10-18-39(35)47(48(43)51-46)34-15-7-4-8-16-34/h3-31H,1-2H3. The fourth-order valence-electron chi connectivity index (χ4n) is 8.30. The van der Waals surface area contributed by atoms with Gasteiger partial charge in [-0.05, 0) is 98.2 Å². The summed E-state index contributed by atoms with van der Waals surface area (Å²) in [5.41, 5.74) is 15.1. The Kier molecular flexibility index (Phi) is 6.56. The Hall–Kier alpha value is -6.38. The summed E-state index contributed by atoms with van der Waals surface area (Å²) >= 11 is 0. The monoisotopic (exact) mass is 653 g/mol. The lowest BCUT2D eigenvalue weighted by atomic mass is 9.82. The van der Waals surface area contributed by atoms with Crippen LogP contribution in [0.4, 0.5) is 17.1 Å². The van der Waals surface area contributed by atoms with Gasteiger partial charge in [-0.25, -0.2) is 0 Å². The van der Waals surface area contributed by atoms with Crippen LogP contribution in [0.15, 0.2) is 180 Å². The third kappa shape index (κ3) is 4.64. The van der Waals surface area contributed by atoms with Gasteiger partial charge in [-0.2, -0.15) is 0 Å². The Labute approximate surface area is 297 Å². The highest BCUT2D eigenvalue weighted by Gasteiger charge is 2.35. The van der Waals surface area contributed by atoms with Gasteiger partial charge in [0.25, 0.3) is 0 Å². The third-order valence-electron chi connectivity index (χ3n) is 10.8. The van der Waals surface area contributed by atoms with Gasteiger partial charge in [0, 0.05) is 38.8 Å². The number of benzene rings is 8. The Morgan fingerprint density at radius 3 is 1.84 bits per heavy atom. The first-order chi connectivity index (χ1) is 25.0. The van der Waals surface area contributed by atoms with Crippen LogP contribution in [0.5, 0.6) is 0 Å². The molecule has 0 unspecified atom stereocenters. The largest absolute Gasteiger partial charge is 0.455 e. The first-order valence-electron chi connectivity index (χ1n) is 17.7. The maximum atomic E-state index is 6.76. The molecule has 0 bridgehead atoms. The van der Waals surface area contributed by atoms with Crippen LogP contribution in [0.3, 0.4) is 0 Å². The average molecular weight is 654 g/mol. The number of fused-ring (bicyclic) bond motifs is 7. The summed E-state index contributed by atoms with van der Waals surface area (Å²) in [5, 5.41) is 4.61.